The molecule has 4 heterocycles. The second-order valence-electron chi connectivity index (χ2n) is 12.6. The van der Waals surface area contributed by atoms with Gasteiger partial charge in [0.25, 0.3) is 5.91 Å². The van der Waals surface area contributed by atoms with Gasteiger partial charge in [-0.1, -0.05) is 43.2 Å². The van der Waals surface area contributed by atoms with Crippen LogP contribution < -0.4 is 0 Å². The fraction of sp³-hybridized carbons (Fsp3) is 0.700. The molecule has 1 aromatic carbocycles. The molecule has 5 fully saturated rings. The molecule has 7 nitrogen and oxygen atoms in total. The van der Waals surface area contributed by atoms with E-state index in [1.54, 1.807) is 7.05 Å². The van der Waals surface area contributed by atoms with Crippen molar-refractivity contribution in [1.82, 2.24) is 19.6 Å². The van der Waals surface area contributed by atoms with E-state index in [9.17, 15) is 14.4 Å². The lowest BCUT2D eigenvalue weighted by Crippen LogP contribution is -2.62. The van der Waals surface area contributed by atoms with Crippen molar-refractivity contribution in [2.24, 2.45) is 11.8 Å². The highest BCUT2D eigenvalue weighted by Gasteiger charge is 2.62. The minimum absolute atomic E-state index is 0.000184. The van der Waals surface area contributed by atoms with E-state index in [2.05, 4.69) is 40.1 Å². The molecule has 4 amide bonds. The van der Waals surface area contributed by atoms with Gasteiger partial charge in [0.05, 0.1) is 0 Å². The van der Waals surface area contributed by atoms with E-state index < -0.39 is 5.54 Å². The summed E-state index contributed by atoms with van der Waals surface area (Å²) in [6, 6.07) is 11.2. The Kier molecular flexibility index (Phi) is 6.33. The van der Waals surface area contributed by atoms with Crippen molar-refractivity contribution in [3.8, 4) is 0 Å². The van der Waals surface area contributed by atoms with Gasteiger partial charge in [-0.2, -0.15) is 0 Å². The number of piperidine rings is 1. The van der Waals surface area contributed by atoms with E-state index in [0.717, 1.165) is 58.2 Å². The standard InChI is InChI=1S/C30H42N4O3/c1-20(2)34-29(37)31(3)28(36)30(34)15-24-13-14-25(16-30)33(24)18-23-17-32(27(35)22-11-7-8-12-22)19-26(23)21-9-5-4-6-10-21/h4-6,9-10,20,22-26H,7-8,11-19H2,1-3H3/t23-,24?,25?,26-,30?/m1/s1. The van der Waals surface area contributed by atoms with Gasteiger partial charge in [-0.15, -0.1) is 0 Å². The number of fused-ring (bicyclic) bond motifs is 2. The third-order valence-corrected chi connectivity index (χ3v) is 10.2. The summed E-state index contributed by atoms with van der Waals surface area (Å²) in [5.74, 6) is 1.29. The third kappa shape index (κ3) is 4.00. The lowest BCUT2D eigenvalue weighted by atomic mass is 9.79. The number of carbonyl (C=O) groups excluding carboxylic acids is 3. The summed E-state index contributed by atoms with van der Waals surface area (Å²) in [4.78, 5) is 47.9. The molecule has 4 aliphatic heterocycles. The van der Waals surface area contributed by atoms with Crippen molar-refractivity contribution in [2.75, 3.05) is 26.7 Å². The number of benzene rings is 1. The molecule has 0 radical (unpaired) electrons. The SMILES string of the molecule is CC(C)N1C(=O)N(C)C(=O)C12CC1CCC(C2)N1C[C@H]1CN(C(=O)C2CCCC2)C[C@@H]1c1ccccc1. The van der Waals surface area contributed by atoms with Gasteiger partial charge in [0.15, 0.2) is 0 Å². The quantitative estimate of drug-likeness (QED) is 0.565. The summed E-state index contributed by atoms with van der Waals surface area (Å²) in [5.41, 5.74) is 0.639. The zero-order valence-corrected chi connectivity index (χ0v) is 22.6. The summed E-state index contributed by atoms with van der Waals surface area (Å²) < 4.78 is 0. The largest absolute Gasteiger partial charge is 0.341 e. The lowest BCUT2D eigenvalue weighted by Gasteiger charge is -2.48. The van der Waals surface area contributed by atoms with E-state index in [1.165, 1.54) is 23.3 Å². The Labute approximate surface area is 221 Å². The monoisotopic (exact) mass is 506 g/mol. The molecule has 2 bridgehead atoms. The molecule has 5 aliphatic rings. The Balaban J connectivity index is 1.23. The van der Waals surface area contributed by atoms with Crippen molar-refractivity contribution in [1.29, 1.82) is 0 Å². The van der Waals surface area contributed by atoms with Crippen molar-refractivity contribution in [3.63, 3.8) is 0 Å². The summed E-state index contributed by atoms with van der Waals surface area (Å²) in [5, 5.41) is 0. The molecular weight excluding hydrogens is 464 g/mol. The first-order chi connectivity index (χ1) is 17.8. The second kappa shape index (κ2) is 9.40. The van der Waals surface area contributed by atoms with Crippen LogP contribution in [0.3, 0.4) is 0 Å². The Morgan fingerprint density at radius 2 is 1.62 bits per heavy atom. The number of likely N-dealkylation sites (N-methyl/N-ethyl adjacent to an activating group) is 1. The number of rotatable bonds is 5. The molecule has 4 atom stereocenters. The van der Waals surface area contributed by atoms with Gasteiger partial charge in [-0.05, 0) is 63.9 Å². The van der Waals surface area contributed by atoms with E-state index >= 15 is 0 Å². The van der Waals surface area contributed by atoms with E-state index in [0.29, 0.717) is 29.8 Å². The van der Waals surface area contributed by atoms with Gasteiger partial charge in [0, 0.05) is 56.6 Å². The molecule has 0 N–H and O–H groups in total. The van der Waals surface area contributed by atoms with E-state index in [1.807, 2.05) is 18.7 Å². The summed E-state index contributed by atoms with van der Waals surface area (Å²) in [6.07, 6.45) is 8.06. The van der Waals surface area contributed by atoms with Crippen molar-refractivity contribution < 1.29 is 14.4 Å². The van der Waals surface area contributed by atoms with Crippen LogP contribution in [0.15, 0.2) is 30.3 Å². The molecule has 1 aromatic rings. The number of amides is 4. The maximum absolute atomic E-state index is 13.5. The molecule has 2 unspecified atom stereocenters. The van der Waals surface area contributed by atoms with Gasteiger partial charge in [0.2, 0.25) is 5.91 Å². The molecule has 200 valence electrons. The highest BCUT2D eigenvalue weighted by atomic mass is 16.2. The maximum Gasteiger partial charge on any atom is 0.327 e. The second-order valence-corrected chi connectivity index (χ2v) is 12.6. The zero-order chi connectivity index (χ0) is 25.9. The number of hydrogen-bond donors (Lipinski definition) is 0. The van der Waals surface area contributed by atoms with Crippen LogP contribution in [0, 0.1) is 11.8 Å². The van der Waals surface area contributed by atoms with Crippen LogP contribution in [-0.2, 0) is 9.59 Å². The normalized spacial score (nSPS) is 34.6. The van der Waals surface area contributed by atoms with Crippen LogP contribution in [0.5, 0.6) is 0 Å². The molecule has 1 aliphatic carbocycles. The average molecular weight is 507 g/mol. The first kappa shape index (κ1) is 24.9. The Hall–Kier alpha value is -2.41. The number of urea groups is 1. The average Bonchev–Trinajstić information content (AvgIpc) is 3.65. The van der Waals surface area contributed by atoms with Crippen LogP contribution in [0.1, 0.15) is 76.7 Å². The van der Waals surface area contributed by atoms with Gasteiger partial charge < -0.3 is 9.80 Å². The highest BCUT2D eigenvalue weighted by Crippen LogP contribution is 2.49. The topological polar surface area (TPSA) is 64.2 Å². The van der Waals surface area contributed by atoms with E-state index in [-0.39, 0.29) is 23.9 Å². The van der Waals surface area contributed by atoms with Gasteiger partial charge in [0.1, 0.15) is 5.54 Å². The molecule has 1 saturated carbocycles. The minimum atomic E-state index is -0.693. The van der Waals surface area contributed by atoms with E-state index in [4.69, 9.17) is 0 Å². The zero-order valence-electron chi connectivity index (χ0n) is 22.6. The molecule has 7 heteroatoms. The molecule has 1 spiro atoms. The first-order valence-electron chi connectivity index (χ1n) is 14.5. The summed E-state index contributed by atoms with van der Waals surface area (Å²) in [6.45, 7) is 6.65. The minimum Gasteiger partial charge on any atom is -0.341 e. The van der Waals surface area contributed by atoms with Gasteiger partial charge >= 0.3 is 6.03 Å². The number of likely N-dealkylation sites (tertiary alicyclic amines) is 1. The van der Waals surface area contributed by atoms with Crippen LogP contribution in [0.2, 0.25) is 0 Å². The number of carbonyl (C=O) groups is 3. The van der Waals surface area contributed by atoms with Crippen LogP contribution >= 0.6 is 0 Å². The summed E-state index contributed by atoms with van der Waals surface area (Å²) >= 11 is 0. The first-order valence-corrected chi connectivity index (χ1v) is 14.5. The summed E-state index contributed by atoms with van der Waals surface area (Å²) in [7, 11) is 1.64. The van der Waals surface area contributed by atoms with Crippen LogP contribution in [-0.4, -0.2) is 87.8 Å². The smallest absolute Gasteiger partial charge is 0.327 e. The Morgan fingerprint density at radius 1 is 0.973 bits per heavy atom. The third-order valence-electron chi connectivity index (χ3n) is 10.2. The molecule has 0 aromatic heterocycles. The highest BCUT2D eigenvalue weighted by molar-refractivity contribution is 6.07. The maximum atomic E-state index is 13.5. The van der Waals surface area contributed by atoms with Crippen LogP contribution in [0.25, 0.3) is 0 Å². The van der Waals surface area contributed by atoms with Crippen molar-refractivity contribution in [2.45, 2.75) is 94.8 Å². The predicted octanol–water partition coefficient (Wildman–Crippen LogP) is 4.09. The van der Waals surface area contributed by atoms with Gasteiger partial charge in [-0.25, -0.2) is 4.79 Å². The van der Waals surface area contributed by atoms with Crippen molar-refractivity contribution in [3.05, 3.63) is 35.9 Å². The molecule has 6 rings (SSSR count). The molecular formula is C30H42N4O3. The Bertz CT molecular complexity index is 1040. The fourth-order valence-electron chi connectivity index (χ4n) is 8.56. The fourth-order valence-corrected chi connectivity index (χ4v) is 8.56. The molecule has 4 saturated heterocycles. The predicted molar refractivity (Wildman–Crippen MR) is 142 cm³/mol. The Morgan fingerprint density at radius 3 is 2.24 bits per heavy atom. The van der Waals surface area contributed by atoms with Crippen LogP contribution in [0.4, 0.5) is 4.79 Å². The lowest BCUT2D eigenvalue weighted by molar-refractivity contribution is -0.137. The van der Waals surface area contributed by atoms with Crippen molar-refractivity contribution >= 4 is 17.8 Å². The number of hydrogen-bond acceptors (Lipinski definition) is 4. The van der Waals surface area contributed by atoms with Gasteiger partial charge in [-0.3, -0.25) is 19.4 Å². The number of imide groups is 1. The molecule has 37 heavy (non-hydrogen) atoms. The number of nitrogens with zero attached hydrogens (tertiary/aromatic N) is 4.